The molecular formula is C35H35F3N8O6S. The molecule has 0 spiro atoms. The summed E-state index contributed by atoms with van der Waals surface area (Å²) in [5, 5.41) is 5.33. The lowest BCUT2D eigenvalue weighted by Crippen LogP contribution is -2.61. The van der Waals surface area contributed by atoms with Crippen molar-refractivity contribution in [3.63, 3.8) is 0 Å². The Morgan fingerprint density at radius 3 is 2.30 bits per heavy atom. The summed E-state index contributed by atoms with van der Waals surface area (Å²) in [6.45, 7) is 4.51. The Morgan fingerprint density at radius 1 is 0.925 bits per heavy atom. The van der Waals surface area contributed by atoms with Crippen LogP contribution in [-0.2, 0) is 19.6 Å². The van der Waals surface area contributed by atoms with E-state index >= 15 is 4.39 Å². The minimum absolute atomic E-state index is 0.0187. The molecule has 18 heteroatoms. The fourth-order valence-corrected chi connectivity index (χ4v) is 6.64. The highest BCUT2D eigenvalue weighted by Crippen LogP contribution is 2.31. The van der Waals surface area contributed by atoms with E-state index in [-0.39, 0.29) is 60.2 Å². The van der Waals surface area contributed by atoms with Crippen molar-refractivity contribution in [2.24, 2.45) is 5.92 Å². The minimum Gasteiger partial charge on any atom is -0.454 e. The number of piperazine rings is 1. The van der Waals surface area contributed by atoms with Gasteiger partial charge in [0.25, 0.3) is 0 Å². The van der Waals surface area contributed by atoms with E-state index in [2.05, 4.69) is 20.6 Å². The molecule has 1 unspecified atom stereocenters. The van der Waals surface area contributed by atoms with Crippen molar-refractivity contribution < 1.29 is 40.7 Å². The quantitative estimate of drug-likeness (QED) is 0.213. The number of nitrogens with one attached hydrogen (secondary N) is 2. The van der Waals surface area contributed by atoms with Crippen LogP contribution >= 0.6 is 0 Å². The Hall–Kier alpha value is -5.75. The molecule has 0 bridgehead atoms. The van der Waals surface area contributed by atoms with Crippen molar-refractivity contribution >= 4 is 56.7 Å². The largest absolute Gasteiger partial charge is 0.454 e. The number of nitrogens with zero attached hydrogens (tertiary/aromatic N) is 6. The summed E-state index contributed by atoms with van der Waals surface area (Å²) in [5.74, 6) is -4.65. The van der Waals surface area contributed by atoms with Gasteiger partial charge in [-0.25, -0.2) is 41.3 Å². The fraction of sp³-hybridized carbons (Fsp3) is 0.286. The number of amides is 4. The molecule has 53 heavy (non-hydrogen) atoms. The molecular weight excluding hydrogens is 717 g/mol. The molecule has 2 fully saturated rings. The topological polar surface area (TPSA) is 157 Å². The van der Waals surface area contributed by atoms with E-state index < -0.39 is 51.2 Å². The average molecular weight is 753 g/mol. The van der Waals surface area contributed by atoms with Gasteiger partial charge >= 0.3 is 6.03 Å². The van der Waals surface area contributed by atoms with Crippen LogP contribution in [0.1, 0.15) is 13.8 Å². The third-order valence-corrected chi connectivity index (χ3v) is 9.93. The van der Waals surface area contributed by atoms with Gasteiger partial charge in [-0.05, 0) is 68.4 Å². The predicted octanol–water partition coefficient (Wildman–Crippen LogP) is 4.94. The molecule has 278 valence electrons. The number of urea groups is 1. The van der Waals surface area contributed by atoms with E-state index in [1.165, 1.54) is 63.9 Å². The average Bonchev–Trinajstić information content (AvgIpc) is 3.11. The van der Waals surface area contributed by atoms with Crippen LogP contribution in [-0.4, -0.2) is 90.5 Å². The molecule has 4 amide bonds. The summed E-state index contributed by atoms with van der Waals surface area (Å²) in [5.41, 5.74) is 0.119. The number of carbonyl (C=O) groups excluding carboxylic acids is 3. The van der Waals surface area contributed by atoms with E-state index in [0.717, 1.165) is 29.4 Å². The molecule has 4 aromatic rings. The first-order valence-corrected chi connectivity index (χ1v) is 18.3. The Balaban J connectivity index is 1.12. The van der Waals surface area contributed by atoms with Crippen LogP contribution in [0.25, 0.3) is 0 Å². The van der Waals surface area contributed by atoms with Crippen molar-refractivity contribution in [1.29, 1.82) is 0 Å². The zero-order valence-corrected chi connectivity index (χ0v) is 29.6. The van der Waals surface area contributed by atoms with Gasteiger partial charge in [0.05, 0.1) is 11.9 Å². The van der Waals surface area contributed by atoms with Gasteiger partial charge in [0.15, 0.2) is 23.2 Å². The Labute approximate surface area is 303 Å². The van der Waals surface area contributed by atoms with Crippen LogP contribution in [0.15, 0.2) is 72.9 Å². The van der Waals surface area contributed by atoms with E-state index in [1.54, 1.807) is 13.8 Å². The molecule has 2 aromatic carbocycles. The number of hydrogen-bond acceptors (Lipinski definition) is 10. The second-order valence-corrected chi connectivity index (χ2v) is 14.6. The normalized spacial score (nSPS) is 17.0. The number of aromatic nitrogens is 2. The third-order valence-electron chi connectivity index (χ3n) is 8.63. The fourth-order valence-electron chi connectivity index (χ4n) is 5.81. The standard InChI is InChI=1S/C35H35F3N8O6S/c1-21(2)45-20-26(34(48)46(35(45)49)24-7-4-22(36)5-8-24)33(47)40-23-6-10-29(28(38)18-23)52-25-12-13-39-30(19-25)41-32-27(37)9-11-31(42-32)43-14-16-44(17-15-43)53(3,50)51/h4-13,18-19,21,26H,14-17,20H2,1-3H3,(H,40,47)(H,39,41,42). The van der Waals surface area contributed by atoms with Crippen molar-refractivity contribution in [2.45, 2.75) is 19.9 Å². The zero-order valence-electron chi connectivity index (χ0n) is 28.8. The summed E-state index contributed by atoms with van der Waals surface area (Å²) in [6, 6.07) is 12.9. The first-order chi connectivity index (χ1) is 25.2. The predicted molar refractivity (Wildman–Crippen MR) is 190 cm³/mol. The monoisotopic (exact) mass is 752 g/mol. The number of halogens is 3. The van der Waals surface area contributed by atoms with Crippen molar-refractivity contribution in [2.75, 3.05) is 59.4 Å². The van der Waals surface area contributed by atoms with Gasteiger partial charge < -0.3 is 25.2 Å². The highest BCUT2D eigenvalue weighted by Gasteiger charge is 2.44. The van der Waals surface area contributed by atoms with E-state index in [1.807, 2.05) is 4.90 Å². The molecule has 4 heterocycles. The van der Waals surface area contributed by atoms with Crippen LogP contribution in [0, 0.1) is 23.4 Å². The highest BCUT2D eigenvalue weighted by atomic mass is 32.2. The molecule has 2 aliphatic rings. The Bertz CT molecular complexity index is 2150. The summed E-state index contributed by atoms with van der Waals surface area (Å²) in [6.07, 6.45) is 2.51. The maximum absolute atomic E-state index is 15.3. The van der Waals surface area contributed by atoms with Gasteiger partial charge in [-0.1, -0.05) is 0 Å². The first-order valence-electron chi connectivity index (χ1n) is 16.5. The lowest BCUT2D eigenvalue weighted by molar-refractivity contribution is -0.132. The van der Waals surface area contributed by atoms with Gasteiger partial charge in [0.1, 0.15) is 29.1 Å². The molecule has 2 aliphatic heterocycles. The number of imide groups is 1. The van der Waals surface area contributed by atoms with E-state index in [4.69, 9.17) is 4.74 Å². The van der Waals surface area contributed by atoms with Crippen molar-refractivity contribution in [3.05, 3.63) is 90.4 Å². The zero-order chi connectivity index (χ0) is 38.0. The van der Waals surface area contributed by atoms with Crippen LogP contribution < -0.4 is 25.2 Å². The summed E-state index contributed by atoms with van der Waals surface area (Å²) < 4.78 is 74.4. The van der Waals surface area contributed by atoms with Gasteiger partial charge in [-0.15, -0.1) is 0 Å². The van der Waals surface area contributed by atoms with Crippen LogP contribution in [0.3, 0.4) is 0 Å². The Kier molecular flexibility index (Phi) is 10.5. The number of ether oxygens (including phenoxy) is 1. The van der Waals surface area contributed by atoms with Gasteiger partial charge in [0.2, 0.25) is 21.8 Å². The molecule has 6 rings (SSSR count). The highest BCUT2D eigenvalue weighted by molar-refractivity contribution is 7.88. The van der Waals surface area contributed by atoms with Crippen LogP contribution in [0.4, 0.5) is 46.8 Å². The van der Waals surface area contributed by atoms with Crippen molar-refractivity contribution in [3.8, 4) is 11.5 Å². The summed E-state index contributed by atoms with van der Waals surface area (Å²) in [7, 11) is -3.32. The smallest absolute Gasteiger partial charge is 0.331 e. The first kappa shape index (κ1) is 37.0. The summed E-state index contributed by atoms with van der Waals surface area (Å²) in [4.78, 5) is 52.5. The number of rotatable bonds is 10. The number of carbonyl (C=O) groups is 3. The summed E-state index contributed by atoms with van der Waals surface area (Å²) >= 11 is 0. The second kappa shape index (κ2) is 15.1. The minimum atomic E-state index is -3.32. The lowest BCUT2D eigenvalue weighted by atomic mass is 10.0. The van der Waals surface area contributed by atoms with Gasteiger partial charge in [-0.2, -0.15) is 4.31 Å². The maximum atomic E-state index is 15.3. The van der Waals surface area contributed by atoms with Gasteiger partial charge in [0, 0.05) is 62.8 Å². The van der Waals surface area contributed by atoms with Gasteiger partial charge in [-0.3, -0.25) is 9.59 Å². The Morgan fingerprint density at radius 2 is 1.64 bits per heavy atom. The SMILES string of the molecule is CC(C)N1CC(C(=O)Nc2ccc(Oc3ccnc(Nc4nc(N5CCN(S(C)(=O)=O)CC5)ccc4F)c3)c(F)c2)C(=O)N(c2ccc(F)cc2)C1=O. The molecule has 0 aliphatic carbocycles. The number of anilines is 5. The molecule has 2 aromatic heterocycles. The lowest BCUT2D eigenvalue weighted by Gasteiger charge is -2.39. The number of benzene rings is 2. The molecule has 2 saturated heterocycles. The maximum Gasteiger partial charge on any atom is 0.331 e. The molecule has 2 N–H and O–H groups in total. The van der Waals surface area contributed by atoms with Crippen LogP contribution in [0.2, 0.25) is 0 Å². The number of pyridine rings is 2. The molecule has 14 nitrogen and oxygen atoms in total. The number of sulfonamides is 1. The third kappa shape index (κ3) is 8.33. The number of hydrogen-bond donors (Lipinski definition) is 2. The van der Waals surface area contributed by atoms with E-state index in [9.17, 15) is 31.6 Å². The molecule has 0 saturated carbocycles. The molecule has 1 atom stereocenters. The molecule has 0 radical (unpaired) electrons. The van der Waals surface area contributed by atoms with E-state index in [0.29, 0.717) is 18.9 Å². The van der Waals surface area contributed by atoms with Crippen molar-refractivity contribution in [1.82, 2.24) is 19.2 Å². The second-order valence-electron chi connectivity index (χ2n) is 12.6. The van der Waals surface area contributed by atoms with Crippen LogP contribution in [0.5, 0.6) is 11.5 Å².